The van der Waals surface area contributed by atoms with Crippen LogP contribution in [0.25, 0.3) is 0 Å². The average molecular weight is 298 g/mol. The molecule has 6 heteroatoms. The smallest absolute Gasteiger partial charge is 0.332 e. The highest BCUT2D eigenvalue weighted by Gasteiger charge is 2.33. The van der Waals surface area contributed by atoms with Crippen LogP contribution >= 0.6 is 0 Å². The van der Waals surface area contributed by atoms with Crippen molar-refractivity contribution in [2.75, 3.05) is 5.75 Å². The van der Waals surface area contributed by atoms with Gasteiger partial charge < -0.3 is 9.84 Å². The first-order valence-electron chi connectivity index (χ1n) is 6.48. The molecule has 1 aliphatic heterocycles. The highest BCUT2D eigenvalue weighted by atomic mass is 32.2. The molecule has 20 heavy (non-hydrogen) atoms. The fraction of sp³-hybridized carbons (Fsp3) is 0.500. The molecule has 2 atom stereocenters. The molecule has 1 aromatic rings. The molecule has 2 rings (SSSR count). The summed E-state index contributed by atoms with van der Waals surface area (Å²) in [7, 11) is -3.45. The van der Waals surface area contributed by atoms with Crippen molar-refractivity contribution in [2.24, 2.45) is 0 Å². The molecule has 0 spiro atoms. The number of hydrogen-bond donors (Lipinski definition) is 1. The first-order chi connectivity index (χ1) is 9.29. The van der Waals surface area contributed by atoms with Gasteiger partial charge in [0.15, 0.2) is 15.9 Å². The number of rotatable bonds is 4. The van der Waals surface area contributed by atoms with E-state index in [-0.39, 0.29) is 10.6 Å². The summed E-state index contributed by atoms with van der Waals surface area (Å²) in [5, 5.41) is 8.84. The van der Waals surface area contributed by atoms with Crippen molar-refractivity contribution >= 4 is 15.8 Å². The van der Waals surface area contributed by atoms with E-state index in [4.69, 9.17) is 9.84 Å². The maximum Gasteiger partial charge on any atom is 0.332 e. The number of aryl methyl sites for hydroxylation is 2. The van der Waals surface area contributed by atoms with E-state index in [0.29, 0.717) is 12.8 Å². The molecule has 1 fully saturated rings. The predicted octanol–water partition coefficient (Wildman–Crippen LogP) is 1.71. The van der Waals surface area contributed by atoms with E-state index in [1.807, 2.05) is 13.8 Å². The second-order valence-corrected chi connectivity index (χ2v) is 7.22. The number of carbonyl (C=O) groups is 1. The monoisotopic (exact) mass is 298 g/mol. The quantitative estimate of drug-likeness (QED) is 0.915. The van der Waals surface area contributed by atoms with Gasteiger partial charge in [-0.2, -0.15) is 0 Å². The van der Waals surface area contributed by atoms with Gasteiger partial charge in [-0.15, -0.1) is 0 Å². The van der Waals surface area contributed by atoms with Gasteiger partial charge in [0.1, 0.15) is 0 Å². The van der Waals surface area contributed by atoms with E-state index in [0.717, 1.165) is 11.1 Å². The highest BCUT2D eigenvalue weighted by molar-refractivity contribution is 7.91. The van der Waals surface area contributed by atoms with E-state index in [2.05, 4.69) is 0 Å². The van der Waals surface area contributed by atoms with Crippen LogP contribution in [0.4, 0.5) is 0 Å². The van der Waals surface area contributed by atoms with Crippen molar-refractivity contribution < 1.29 is 23.1 Å². The topological polar surface area (TPSA) is 80.7 Å². The Labute approximate surface area is 118 Å². The Hall–Kier alpha value is -1.40. The van der Waals surface area contributed by atoms with Crippen molar-refractivity contribution in [1.29, 1.82) is 0 Å². The maximum absolute atomic E-state index is 12.3. The first-order valence-corrected chi connectivity index (χ1v) is 8.13. The summed E-state index contributed by atoms with van der Waals surface area (Å²) >= 11 is 0. The van der Waals surface area contributed by atoms with Crippen LogP contribution in [0, 0.1) is 13.8 Å². The van der Waals surface area contributed by atoms with Crippen molar-refractivity contribution in [3.8, 4) is 0 Å². The van der Waals surface area contributed by atoms with Crippen LogP contribution in [0.1, 0.15) is 24.0 Å². The summed E-state index contributed by atoms with van der Waals surface area (Å²) < 4.78 is 29.9. The van der Waals surface area contributed by atoms with Gasteiger partial charge in [-0.3, -0.25) is 0 Å². The molecule has 1 saturated heterocycles. The lowest BCUT2D eigenvalue weighted by molar-refractivity contribution is -0.148. The van der Waals surface area contributed by atoms with Crippen LogP contribution in [-0.2, 0) is 19.4 Å². The Balaban J connectivity index is 2.12. The maximum atomic E-state index is 12.3. The van der Waals surface area contributed by atoms with Crippen molar-refractivity contribution in [3.05, 3.63) is 29.3 Å². The minimum absolute atomic E-state index is 0.167. The van der Waals surface area contributed by atoms with Crippen LogP contribution in [0.2, 0.25) is 0 Å². The Bertz CT molecular complexity index is 620. The zero-order chi connectivity index (χ0) is 14.9. The van der Waals surface area contributed by atoms with E-state index in [1.165, 1.54) is 0 Å². The lowest BCUT2D eigenvalue weighted by atomic mass is 10.1. The molecule has 0 bridgehead atoms. The second-order valence-electron chi connectivity index (χ2n) is 5.19. The number of sulfone groups is 1. The minimum Gasteiger partial charge on any atom is -0.479 e. The average Bonchev–Trinajstić information content (AvgIpc) is 2.80. The number of hydrogen-bond acceptors (Lipinski definition) is 4. The van der Waals surface area contributed by atoms with E-state index in [1.54, 1.807) is 18.2 Å². The van der Waals surface area contributed by atoms with Crippen LogP contribution in [-0.4, -0.2) is 37.5 Å². The zero-order valence-electron chi connectivity index (χ0n) is 11.5. The molecular formula is C14H18O5S. The molecule has 1 heterocycles. The van der Waals surface area contributed by atoms with Crippen molar-refractivity contribution in [1.82, 2.24) is 0 Å². The minimum atomic E-state index is -3.45. The number of ether oxygens (including phenoxy) is 1. The molecule has 2 unspecified atom stereocenters. The number of carboxylic acids is 1. The van der Waals surface area contributed by atoms with Gasteiger partial charge in [-0.25, -0.2) is 13.2 Å². The lowest BCUT2D eigenvalue weighted by Crippen LogP contribution is -2.25. The van der Waals surface area contributed by atoms with Crippen LogP contribution < -0.4 is 0 Å². The standard InChI is InChI=1S/C14H18O5S/c1-9-3-5-12(7-10(9)2)20(17,18)8-11-4-6-13(19-11)14(15)16/h3,5,7,11,13H,4,6,8H2,1-2H3,(H,15,16). The Morgan fingerprint density at radius 3 is 2.55 bits per heavy atom. The number of aliphatic carboxylic acids is 1. The summed E-state index contributed by atoms with van der Waals surface area (Å²) in [5.41, 5.74) is 1.95. The predicted molar refractivity (Wildman–Crippen MR) is 73.5 cm³/mol. The Morgan fingerprint density at radius 1 is 1.30 bits per heavy atom. The van der Waals surface area contributed by atoms with Gasteiger partial charge in [-0.05, 0) is 49.9 Å². The number of benzene rings is 1. The summed E-state index contributed by atoms with van der Waals surface area (Å²) in [6.07, 6.45) is -0.596. The summed E-state index contributed by atoms with van der Waals surface area (Å²) in [5.74, 6) is -1.20. The van der Waals surface area contributed by atoms with E-state index < -0.39 is 28.0 Å². The SMILES string of the molecule is Cc1ccc(S(=O)(=O)CC2CCC(C(=O)O)O2)cc1C. The van der Waals surface area contributed by atoms with Gasteiger partial charge in [0, 0.05) is 0 Å². The lowest BCUT2D eigenvalue weighted by Gasteiger charge is -2.12. The third-order valence-corrected chi connectivity index (χ3v) is 5.41. The zero-order valence-corrected chi connectivity index (χ0v) is 12.3. The highest BCUT2D eigenvalue weighted by Crippen LogP contribution is 2.24. The first kappa shape index (κ1) is 15.0. The third-order valence-electron chi connectivity index (χ3n) is 3.63. The molecule has 1 aromatic carbocycles. The van der Waals surface area contributed by atoms with Crippen LogP contribution in [0.3, 0.4) is 0 Å². The largest absolute Gasteiger partial charge is 0.479 e. The Morgan fingerprint density at radius 2 is 2.00 bits per heavy atom. The third kappa shape index (κ3) is 3.19. The van der Waals surface area contributed by atoms with Gasteiger partial charge >= 0.3 is 5.97 Å². The molecule has 5 nitrogen and oxygen atoms in total. The molecule has 0 aromatic heterocycles. The molecular weight excluding hydrogens is 280 g/mol. The van der Waals surface area contributed by atoms with E-state index in [9.17, 15) is 13.2 Å². The van der Waals surface area contributed by atoms with Crippen molar-refractivity contribution in [2.45, 2.75) is 43.8 Å². The van der Waals surface area contributed by atoms with Crippen LogP contribution in [0.15, 0.2) is 23.1 Å². The summed E-state index contributed by atoms with van der Waals surface area (Å²) in [6.45, 7) is 3.78. The van der Waals surface area contributed by atoms with Crippen LogP contribution in [0.5, 0.6) is 0 Å². The summed E-state index contributed by atoms with van der Waals surface area (Å²) in [4.78, 5) is 11.1. The van der Waals surface area contributed by atoms with Crippen molar-refractivity contribution in [3.63, 3.8) is 0 Å². The van der Waals surface area contributed by atoms with Gasteiger partial charge in [0.05, 0.1) is 16.8 Å². The second kappa shape index (κ2) is 5.54. The normalized spacial score (nSPS) is 22.9. The number of carboxylic acid groups (broad SMARTS) is 1. The molecule has 1 aliphatic rings. The molecule has 0 radical (unpaired) electrons. The van der Waals surface area contributed by atoms with Gasteiger partial charge in [0.2, 0.25) is 0 Å². The molecule has 110 valence electrons. The molecule has 0 aliphatic carbocycles. The Kier molecular flexibility index (Phi) is 4.15. The molecule has 0 amide bonds. The molecule has 0 saturated carbocycles. The van der Waals surface area contributed by atoms with E-state index >= 15 is 0 Å². The van der Waals surface area contributed by atoms with Gasteiger partial charge in [-0.1, -0.05) is 6.07 Å². The fourth-order valence-corrected chi connectivity index (χ4v) is 3.82. The van der Waals surface area contributed by atoms with Gasteiger partial charge in [0.25, 0.3) is 0 Å². The fourth-order valence-electron chi connectivity index (χ4n) is 2.26. The molecule has 1 N–H and O–H groups in total. The summed E-state index contributed by atoms with van der Waals surface area (Å²) in [6, 6.07) is 5.01.